The van der Waals surface area contributed by atoms with Crippen LogP contribution in [0, 0.1) is 29.6 Å². The van der Waals surface area contributed by atoms with Gasteiger partial charge in [0.1, 0.15) is 0 Å². The molecule has 4 saturated carbocycles. The molecule has 4 nitrogen and oxygen atoms in total. The maximum absolute atomic E-state index is 12.8. The highest BCUT2D eigenvalue weighted by Gasteiger charge is 2.50. The Bertz CT molecular complexity index is 754. The largest absolute Gasteiger partial charge is 0.356 e. The first-order chi connectivity index (χ1) is 12.8. The van der Waals surface area contributed by atoms with E-state index in [1.165, 1.54) is 37.7 Å². The van der Waals surface area contributed by atoms with Gasteiger partial charge in [0.05, 0.1) is 11.9 Å². The Morgan fingerprint density at radius 3 is 2.42 bits per heavy atom. The molecule has 4 bridgehead atoms. The molecular weight excluding hydrogens is 322 g/mol. The van der Waals surface area contributed by atoms with Crippen LogP contribution in [0.3, 0.4) is 0 Å². The molecule has 1 aromatic heterocycles. The van der Waals surface area contributed by atoms with E-state index in [4.69, 9.17) is 0 Å². The summed E-state index contributed by atoms with van der Waals surface area (Å²) in [6.07, 6.45) is 11.4. The Kier molecular flexibility index (Phi) is 4.07. The molecule has 0 aliphatic heterocycles. The van der Waals surface area contributed by atoms with Crippen LogP contribution >= 0.6 is 0 Å². The van der Waals surface area contributed by atoms with Gasteiger partial charge in [0, 0.05) is 18.7 Å². The van der Waals surface area contributed by atoms with Crippen molar-refractivity contribution in [3.63, 3.8) is 0 Å². The number of hydrogen-bond acceptors (Lipinski definition) is 2. The normalized spacial score (nSPS) is 31.9. The van der Waals surface area contributed by atoms with E-state index in [0.29, 0.717) is 24.3 Å². The molecule has 4 fully saturated rings. The minimum absolute atomic E-state index is 0.287. The van der Waals surface area contributed by atoms with Crippen molar-refractivity contribution in [3.05, 3.63) is 48.3 Å². The second-order valence-corrected chi connectivity index (χ2v) is 8.63. The Balaban J connectivity index is 1.16. The number of rotatable bonds is 5. The van der Waals surface area contributed by atoms with Gasteiger partial charge in [0.15, 0.2) is 0 Å². The number of benzene rings is 1. The average molecular weight is 349 g/mol. The van der Waals surface area contributed by atoms with Crippen molar-refractivity contribution < 1.29 is 4.79 Å². The van der Waals surface area contributed by atoms with Gasteiger partial charge in [-0.15, -0.1) is 0 Å². The second kappa shape index (κ2) is 6.57. The van der Waals surface area contributed by atoms with Gasteiger partial charge in [0.25, 0.3) is 0 Å². The Morgan fingerprint density at radius 1 is 1.04 bits per heavy atom. The van der Waals surface area contributed by atoms with E-state index in [9.17, 15) is 4.79 Å². The molecule has 0 saturated heterocycles. The van der Waals surface area contributed by atoms with Crippen molar-refractivity contribution in [2.45, 2.75) is 38.5 Å². The zero-order valence-electron chi connectivity index (χ0n) is 15.2. The van der Waals surface area contributed by atoms with Crippen LogP contribution in [-0.4, -0.2) is 22.2 Å². The topological polar surface area (TPSA) is 46.9 Å². The van der Waals surface area contributed by atoms with E-state index >= 15 is 0 Å². The third-order valence-electron chi connectivity index (χ3n) is 6.90. The zero-order valence-corrected chi connectivity index (χ0v) is 15.2. The molecule has 0 atom stereocenters. The lowest BCUT2D eigenvalue weighted by Crippen LogP contribution is -2.51. The van der Waals surface area contributed by atoms with Gasteiger partial charge in [-0.25, -0.2) is 4.68 Å². The summed E-state index contributed by atoms with van der Waals surface area (Å²) in [5, 5.41) is 7.67. The molecule has 0 spiro atoms. The number of amides is 1. The van der Waals surface area contributed by atoms with Crippen LogP contribution in [0.1, 0.15) is 37.7 Å². The molecule has 0 unspecified atom stereocenters. The molecule has 1 aromatic carbocycles. The Morgan fingerprint density at radius 2 is 1.73 bits per heavy atom. The standard InChI is InChI=1S/C22H27N3O/c26-22(21-18-9-16-8-17(11-18)12-19(21)10-16)23-7-6-15-13-24-25(14-15)20-4-2-1-3-5-20/h1-5,13-14,16-19,21H,6-12H2,(H,23,26). The Labute approximate surface area is 155 Å². The molecule has 1 amide bonds. The number of carbonyl (C=O) groups excluding carboxylic acids is 1. The number of hydrogen-bond donors (Lipinski definition) is 1. The quantitative estimate of drug-likeness (QED) is 0.896. The molecule has 2 aromatic rings. The smallest absolute Gasteiger partial charge is 0.223 e. The summed E-state index contributed by atoms with van der Waals surface area (Å²) in [4.78, 5) is 12.8. The summed E-state index contributed by atoms with van der Waals surface area (Å²) in [6, 6.07) is 10.1. The van der Waals surface area contributed by atoms with Gasteiger partial charge < -0.3 is 5.32 Å². The van der Waals surface area contributed by atoms with E-state index < -0.39 is 0 Å². The monoisotopic (exact) mass is 349 g/mol. The fraction of sp³-hybridized carbons (Fsp3) is 0.545. The predicted octanol–water partition coefficient (Wildman–Crippen LogP) is 3.60. The number of para-hydroxylation sites is 1. The minimum Gasteiger partial charge on any atom is -0.356 e. The van der Waals surface area contributed by atoms with E-state index in [1.807, 2.05) is 41.2 Å². The van der Waals surface area contributed by atoms with Crippen LogP contribution in [0.5, 0.6) is 0 Å². The molecule has 4 aliphatic carbocycles. The predicted molar refractivity (Wildman–Crippen MR) is 101 cm³/mol. The first kappa shape index (κ1) is 16.1. The van der Waals surface area contributed by atoms with Crippen LogP contribution in [0.4, 0.5) is 0 Å². The van der Waals surface area contributed by atoms with Gasteiger partial charge in [-0.05, 0) is 79.9 Å². The van der Waals surface area contributed by atoms with Gasteiger partial charge in [0.2, 0.25) is 5.91 Å². The molecular formula is C22H27N3O. The van der Waals surface area contributed by atoms with Crippen LogP contribution in [-0.2, 0) is 11.2 Å². The van der Waals surface area contributed by atoms with Gasteiger partial charge in [-0.3, -0.25) is 4.79 Å². The number of nitrogens with zero attached hydrogens (tertiary/aromatic N) is 2. The van der Waals surface area contributed by atoms with E-state index in [0.717, 1.165) is 23.9 Å². The maximum atomic E-state index is 12.8. The SMILES string of the molecule is O=C(NCCc1cnn(-c2ccccc2)c1)C1C2CC3CC(C2)CC1C3. The van der Waals surface area contributed by atoms with Crippen LogP contribution < -0.4 is 5.32 Å². The maximum Gasteiger partial charge on any atom is 0.223 e. The molecule has 136 valence electrons. The third kappa shape index (κ3) is 2.95. The first-order valence-corrected chi connectivity index (χ1v) is 10.1. The molecule has 0 radical (unpaired) electrons. The van der Waals surface area contributed by atoms with E-state index in [-0.39, 0.29) is 5.92 Å². The molecule has 26 heavy (non-hydrogen) atoms. The van der Waals surface area contributed by atoms with Crippen LogP contribution in [0.15, 0.2) is 42.7 Å². The highest BCUT2D eigenvalue weighted by atomic mass is 16.1. The average Bonchev–Trinajstić information content (AvgIpc) is 3.10. The van der Waals surface area contributed by atoms with Crippen molar-refractivity contribution in [1.29, 1.82) is 0 Å². The van der Waals surface area contributed by atoms with E-state index in [1.54, 1.807) is 0 Å². The van der Waals surface area contributed by atoms with E-state index in [2.05, 4.69) is 16.6 Å². The van der Waals surface area contributed by atoms with Gasteiger partial charge in [-0.1, -0.05) is 18.2 Å². The van der Waals surface area contributed by atoms with Crippen molar-refractivity contribution in [2.24, 2.45) is 29.6 Å². The van der Waals surface area contributed by atoms with Gasteiger partial charge >= 0.3 is 0 Å². The van der Waals surface area contributed by atoms with Crippen molar-refractivity contribution in [3.8, 4) is 5.69 Å². The number of nitrogens with one attached hydrogen (secondary N) is 1. The van der Waals surface area contributed by atoms with Gasteiger partial charge in [-0.2, -0.15) is 5.10 Å². The van der Waals surface area contributed by atoms with Crippen molar-refractivity contribution in [1.82, 2.24) is 15.1 Å². The lowest BCUT2D eigenvalue weighted by molar-refractivity contribution is -0.138. The fourth-order valence-corrected chi connectivity index (χ4v) is 6.01. The number of aromatic nitrogens is 2. The summed E-state index contributed by atoms with van der Waals surface area (Å²) >= 11 is 0. The number of carbonyl (C=O) groups is 1. The third-order valence-corrected chi connectivity index (χ3v) is 6.90. The summed E-state index contributed by atoms with van der Waals surface area (Å²) in [5.41, 5.74) is 2.23. The minimum atomic E-state index is 0.287. The van der Waals surface area contributed by atoms with Crippen molar-refractivity contribution in [2.75, 3.05) is 6.54 Å². The second-order valence-electron chi connectivity index (χ2n) is 8.63. The zero-order chi connectivity index (χ0) is 17.5. The summed E-state index contributed by atoms with van der Waals surface area (Å²) in [5.74, 6) is 3.76. The highest BCUT2D eigenvalue weighted by molar-refractivity contribution is 5.79. The summed E-state index contributed by atoms with van der Waals surface area (Å²) < 4.78 is 1.90. The van der Waals surface area contributed by atoms with Crippen LogP contribution in [0.2, 0.25) is 0 Å². The molecule has 6 rings (SSSR count). The van der Waals surface area contributed by atoms with Crippen molar-refractivity contribution >= 4 is 5.91 Å². The molecule has 1 heterocycles. The molecule has 4 heteroatoms. The summed E-state index contributed by atoms with van der Waals surface area (Å²) in [7, 11) is 0. The first-order valence-electron chi connectivity index (χ1n) is 10.1. The lowest BCUT2D eigenvalue weighted by atomic mass is 9.51. The summed E-state index contributed by atoms with van der Waals surface area (Å²) in [6.45, 7) is 0.710. The molecule has 1 N–H and O–H groups in total. The van der Waals surface area contributed by atoms with Crippen LogP contribution in [0.25, 0.3) is 5.69 Å². The lowest BCUT2D eigenvalue weighted by Gasteiger charge is -2.53. The highest BCUT2D eigenvalue weighted by Crippen LogP contribution is 2.56. The fourth-order valence-electron chi connectivity index (χ4n) is 6.01. The Hall–Kier alpha value is -2.10. The molecule has 4 aliphatic rings.